The van der Waals surface area contributed by atoms with Crippen LogP contribution >= 0.6 is 0 Å². The monoisotopic (exact) mass is 518 g/mol. The minimum Gasteiger partial charge on any atom is -1.00 e. The third-order valence-electron chi connectivity index (χ3n) is 2.13. The van der Waals surface area contributed by atoms with Crippen LogP contribution in [0.15, 0.2) is 60.7 Å². The van der Waals surface area contributed by atoms with Crippen LogP contribution in [0.3, 0.4) is 0 Å². The maximum atomic E-state index is 2.99. The molecule has 1 aliphatic carbocycles. The van der Waals surface area contributed by atoms with Crippen molar-refractivity contribution >= 4 is 10.8 Å². The van der Waals surface area contributed by atoms with E-state index in [9.17, 15) is 0 Å². The Morgan fingerprint density at radius 3 is 2.35 bits per heavy atom. The molecule has 0 aromatic heterocycles. The van der Waals surface area contributed by atoms with Gasteiger partial charge in [0, 0.05) is 0 Å². The zero-order chi connectivity index (χ0) is 9.64. The van der Waals surface area contributed by atoms with Gasteiger partial charge in [-0.1, -0.05) is 6.07 Å². The fraction of sp³-hybridized carbons (Fsp3) is 0.0714. The van der Waals surface area contributed by atoms with Crippen LogP contribution in [-0.2, 0) is 25.8 Å². The number of allylic oxidation sites excluding steroid dienone is 4. The molecule has 0 saturated carbocycles. The average molecular weight is 519 g/mol. The number of fused-ring (bicyclic) bond motifs is 1. The number of rotatable bonds is 0. The van der Waals surface area contributed by atoms with Gasteiger partial charge < -0.3 is 34.0 Å². The van der Waals surface area contributed by atoms with Crippen LogP contribution in [0.1, 0.15) is 6.42 Å². The molecule has 0 amide bonds. The van der Waals surface area contributed by atoms with Crippen LogP contribution in [0.2, 0.25) is 0 Å². The molecule has 86 valence electrons. The molecular formula is C14H12Br2Hf. The predicted octanol–water partition coefficient (Wildman–Crippen LogP) is -2.13. The molecule has 0 bridgehead atoms. The van der Waals surface area contributed by atoms with Gasteiger partial charge in [-0.3, -0.25) is 6.08 Å². The maximum Gasteiger partial charge on any atom is 4.00 e. The van der Waals surface area contributed by atoms with E-state index >= 15 is 0 Å². The molecule has 0 nitrogen and oxygen atoms in total. The van der Waals surface area contributed by atoms with Crippen molar-refractivity contribution in [3.8, 4) is 0 Å². The van der Waals surface area contributed by atoms with Gasteiger partial charge in [0.05, 0.1) is 0 Å². The Hall–Kier alpha value is 0.140. The largest absolute Gasteiger partial charge is 4.00 e. The predicted molar refractivity (Wildman–Crippen MR) is 61.1 cm³/mol. The first kappa shape index (κ1) is 19.5. The van der Waals surface area contributed by atoms with Crippen molar-refractivity contribution in [2.75, 3.05) is 0 Å². The Balaban J connectivity index is 0. The molecular weight excluding hydrogens is 506 g/mol. The van der Waals surface area contributed by atoms with Gasteiger partial charge >= 0.3 is 25.8 Å². The molecule has 0 heterocycles. The summed E-state index contributed by atoms with van der Waals surface area (Å²) in [6, 6.07) is 14.7. The third-order valence-corrected chi connectivity index (χ3v) is 2.13. The van der Waals surface area contributed by atoms with Gasteiger partial charge in [0.1, 0.15) is 0 Å². The molecule has 0 radical (unpaired) electrons. The Morgan fingerprint density at radius 2 is 1.82 bits per heavy atom. The van der Waals surface area contributed by atoms with Crippen molar-refractivity contribution in [3.05, 3.63) is 66.8 Å². The van der Waals surface area contributed by atoms with Crippen LogP contribution in [0.5, 0.6) is 0 Å². The van der Waals surface area contributed by atoms with E-state index in [-0.39, 0.29) is 59.8 Å². The third kappa shape index (κ3) is 6.58. The first-order valence-electron chi connectivity index (χ1n) is 4.79. The number of hydrogen-bond acceptors (Lipinski definition) is 0. The van der Waals surface area contributed by atoms with E-state index in [1.54, 1.807) is 0 Å². The molecule has 2 aromatic rings. The van der Waals surface area contributed by atoms with Gasteiger partial charge in [-0.2, -0.15) is 23.6 Å². The molecule has 0 fully saturated rings. The van der Waals surface area contributed by atoms with Gasteiger partial charge in [0.2, 0.25) is 0 Å². The summed E-state index contributed by atoms with van der Waals surface area (Å²) in [5.41, 5.74) is 0. The first-order valence-corrected chi connectivity index (χ1v) is 4.79. The number of hydrogen-bond donors (Lipinski definition) is 0. The summed E-state index contributed by atoms with van der Waals surface area (Å²) in [7, 11) is 0. The summed E-state index contributed by atoms with van der Waals surface area (Å²) in [5, 5.41) is 2.66. The minimum atomic E-state index is 0. The van der Waals surface area contributed by atoms with Gasteiger partial charge in [0.25, 0.3) is 0 Å². The fourth-order valence-electron chi connectivity index (χ4n) is 1.41. The van der Waals surface area contributed by atoms with E-state index in [1.807, 2.05) is 12.2 Å². The Kier molecular flexibility index (Phi) is 12.9. The Bertz CT molecular complexity index is 418. The molecule has 17 heavy (non-hydrogen) atoms. The van der Waals surface area contributed by atoms with Crippen LogP contribution in [0, 0.1) is 6.08 Å². The summed E-state index contributed by atoms with van der Waals surface area (Å²) < 4.78 is 0. The summed E-state index contributed by atoms with van der Waals surface area (Å²) in [5.74, 6) is 0. The van der Waals surface area contributed by atoms with Gasteiger partial charge in [-0.25, -0.2) is 12.2 Å². The van der Waals surface area contributed by atoms with Crippen molar-refractivity contribution in [1.82, 2.24) is 0 Å². The molecule has 0 spiro atoms. The van der Waals surface area contributed by atoms with E-state index < -0.39 is 0 Å². The summed E-state index contributed by atoms with van der Waals surface area (Å²) in [4.78, 5) is 0. The van der Waals surface area contributed by atoms with Crippen molar-refractivity contribution in [1.29, 1.82) is 0 Å². The van der Waals surface area contributed by atoms with Gasteiger partial charge in [0.15, 0.2) is 0 Å². The van der Waals surface area contributed by atoms with Crippen LogP contribution < -0.4 is 34.0 Å². The number of benzene rings is 1. The molecule has 3 rings (SSSR count). The first-order chi connectivity index (χ1) is 6.97. The molecule has 0 aliphatic heterocycles. The quantitative estimate of drug-likeness (QED) is 0.276. The van der Waals surface area contributed by atoms with Gasteiger partial charge in [-0.15, -0.1) is 36.1 Å². The zero-order valence-corrected chi connectivity index (χ0v) is 16.0. The van der Waals surface area contributed by atoms with Crippen LogP contribution in [0.4, 0.5) is 0 Å². The summed E-state index contributed by atoms with van der Waals surface area (Å²) in [6.45, 7) is 0. The van der Waals surface area contributed by atoms with E-state index in [0.717, 1.165) is 6.42 Å². The summed E-state index contributed by atoms with van der Waals surface area (Å²) in [6.07, 6.45) is 10.0. The smallest absolute Gasteiger partial charge is 1.00 e. The van der Waals surface area contributed by atoms with E-state index in [2.05, 4.69) is 54.6 Å². The topological polar surface area (TPSA) is 0 Å². The van der Waals surface area contributed by atoms with E-state index in [4.69, 9.17) is 0 Å². The molecule has 2 aromatic carbocycles. The van der Waals surface area contributed by atoms with Gasteiger partial charge in [-0.05, 0) is 0 Å². The van der Waals surface area contributed by atoms with Crippen LogP contribution in [-0.4, -0.2) is 0 Å². The molecule has 0 N–H and O–H groups in total. The minimum absolute atomic E-state index is 0. The Labute approximate surface area is 142 Å². The molecule has 0 atom stereocenters. The van der Waals surface area contributed by atoms with E-state index in [0.29, 0.717) is 0 Å². The van der Waals surface area contributed by atoms with Crippen LogP contribution in [0.25, 0.3) is 10.8 Å². The normalized spacial score (nSPS) is 10.6. The molecule has 0 saturated heterocycles. The fourth-order valence-corrected chi connectivity index (χ4v) is 1.41. The molecule has 3 heteroatoms. The summed E-state index contributed by atoms with van der Waals surface area (Å²) >= 11 is 0. The molecule has 1 aliphatic rings. The van der Waals surface area contributed by atoms with Crippen molar-refractivity contribution in [3.63, 3.8) is 0 Å². The van der Waals surface area contributed by atoms with Crippen molar-refractivity contribution < 1.29 is 59.8 Å². The zero-order valence-electron chi connectivity index (χ0n) is 9.24. The van der Waals surface area contributed by atoms with Crippen molar-refractivity contribution in [2.24, 2.45) is 0 Å². The van der Waals surface area contributed by atoms with E-state index in [1.165, 1.54) is 10.8 Å². The number of halogens is 2. The van der Waals surface area contributed by atoms with Crippen molar-refractivity contribution in [2.45, 2.75) is 6.42 Å². The second kappa shape index (κ2) is 11.2. The second-order valence-electron chi connectivity index (χ2n) is 3.16. The average Bonchev–Trinajstić information content (AvgIpc) is 2.92. The molecule has 0 unspecified atom stereocenters. The SMILES string of the molecule is [Br-].[Br-].[C-]1=CC=CC1.[Hf+4].c1ccc2[cH-]ccc2c1. The standard InChI is InChI=1S/C9H7.C5H5.2BrH.Hf/c1-2-5-9-7-3-6-8(9)4-1;1-2-4-5-3-1;;;/h1-7H;1-3H,4H2;2*1H;/q2*-1;;;+4/p-2. The Morgan fingerprint density at radius 1 is 1.06 bits per heavy atom. The second-order valence-corrected chi connectivity index (χ2v) is 3.16. The maximum absolute atomic E-state index is 2.99.